The summed E-state index contributed by atoms with van der Waals surface area (Å²) >= 11 is 1.94. The fourth-order valence-electron chi connectivity index (χ4n) is 2.72. The molecule has 1 aliphatic heterocycles. The Bertz CT molecular complexity index is 228. The Morgan fingerprint density at radius 3 is 2.68 bits per heavy atom. The van der Waals surface area contributed by atoms with Gasteiger partial charge in [0.2, 0.25) is 0 Å². The quantitative estimate of drug-likeness (QED) is 0.625. The predicted octanol–water partition coefficient (Wildman–Crippen LogP) is 2.61. The summed E-state index contributed by atoms with van der Waals surface area (Å²) in [6.07, 6.45) is 7.93. The van der Waals surface area contributed by atoms with Gasteiger partial charge in [0, 0.05) is 24.9 Å². The van der Waals surface area contributed by atoms with E-state index in [1.54, 1.807) is 0 Å². The maximum atomic E-state index is 6.14. The largest absolute Gasteiger partial charge is 0.372 e. The molecule has 0 bridgehead atoms. The van der Waals surface area contributed by atoms with Crippen molar-refractivity contribution >= 4 is 11.8 Å². The summed E-state index contributed by atoms with van der Waals surface area (Å²) in [6.45, 7) is 7.71. The van der Waals surface area contributed by atoms with Crippen molar-refractivity contribution in [2.24, 2.45) is 0 Å². The van der Waals surface area contributed by atoms with Crippen molar-refractivity contribution in [1.82, 2.24) is 10.2 Å². The van der Waals surface area contributed by atoms with Crippen LogP contribution in [0.5, 0.6) is 0 Å². The van der Waals surface area contributed by atoms with E-state index in [-0.39, 0.29) is 0 Å². The molecule has 1 rings (SSSR count). The first-order chi connectivity index (χ1) is 9.21. The Kier molecular flexibility index (Phi) is 9.12. The third kappa shape index (κ3) is 6.48. The van der Waals surface area contributed by atoms with E-state index in [9.17, 15) is 0 Å². The average molecular weight is 289 g/mol. The lowest BCUT2D eigenvalue weighted by Crippen LogP contribution is -2.39. The van der Waals surface area contributed by atoms with Gasteiger partial charge in [-0.1, -0.05) is 13.8 Å². The molecule has 3 atom stereocenters. The molecule has 0 amide bonds. The third-order valence-corrected chi connectivity index (χ3v) is 4.66. The van der Waals surface area contributed by atoms with Gasteiger partial charge in [0.25, 0.3) is 0 Å². The Hall–Kier alpha value is 0.230. The Labute approximate surface area is 123 Å². The highest BCUT2D eigenvalue weighted by molar-refractivity contribution is 7.98. The van der Waals surface area contributed by atoms with Crippen molar-refractivity contribution in [1.29, 1.82) is 0 Å². The van der Waals surface area contributed by atoms with Gasteiger partial charge >= 0.3 is 0 Å². The number of thioether (sulfide) groups is 1. The highest BCUT2D eigenvalue weighted by Crippen LogP contribution is 2.21. The molecular weight excluding hydrogens is 256 g/mol. The monoisotopic (exact) mass is 288 g/mol. The van der Waals surface area contributed by atoms with Crippen LogP contribution in [-0.4, -0.2) is 61.8 Å². The zero-order chi connectivity index (χ0) is 14.1. The minimum Gasteiger partial charge on any atom is -0.372 e. The van der Waals surface area contributed by atoms with Gasteiger partial charge in [0.15, 0.2) is 0 Å². The molecule has 1 heterocycles. The fourth-order valence-corrected chi connectivity index (χ4v) is 3.60. The molecule has 0 saturated carbocycles. The number of hydrogen-bond donors (Lipinski definition) is 1. The minimum absolute atomic E-state index is 0.436. The van der Waals surface area contributed by atoms with Crippen LogP contribution < -0.4 is 5.32 Å². The first-order valence-corrected chi connectivity index (χ1v) is 9.15. The number of likely N-dealkylation sites (N-methyl/N-ethyl adjacent to an activating group) is 1. The van der Waals surface area contributed by atoms with Crippen molar-refractivity contribution in [3.63, 3.8) is 0 Å². The van der Waals surface area contributed by atoms with Crippen LogP contribution in [0.4, 0.5) is 0 Å². The van der Waals surface area contributed by atoms with E-state index < -0.39 is 0 Å². The molecule has 3 nitrogen and oxygen atoms in total. The van der Waals surface area contributed by atoms with Crippen LogP contribution in [0, 0.1) is 0 Å². The van der Waals surface area contributed by atoms with Gasteiger partial charge in [0.05, 0.1) is 12.2 Å². The number of nitrogens with one attached hydrogen (secondary N) is 1. The van der Waals surface area contributed by atoms with Crippen molar-refractivity contribution in [3.05, 3.63) is 0 Å². The number of ether oxygens (including phenoxy) is 1. The Morgan fingerprint density at radius 2 is 2.05 bits per heavy atom. The Balaban J connectivity index is 2.23. The number of rotatable bonds is 10. The molecule has 0 aliphatic carbocycles. The molecule has 1 saturated heterocycles. The highest BCUT2D eigenvalue weighted by Gasteiger charge is 2.27. The molecule has 0 aromatic carbocycles. The maximum absolute atomic E-state index is 6.14. The molecule has 0 spiro atoms. The third-order valence-electron chi connectivity index (χ3n) is 3.94. The summed E-state index contributed by atoms with van der Waals surface area (Å²) in [6, 6.07) is 0.691. The maximum Gasteiger partial charge on any atom is 0.0707 e. The first kappa shape index (κ1) is 17.3. The molecule has 1 aliphatic rings. The topological polar surface area (TPSA) is 24.5 Å². The fraction of sp³-hybridized carbons (Fsp3) is 1.00. The molecule has 3 unspecified atom stereocenters. The summed E-state index contributed by atoms with van der Waals surface area (Å²) in [5, 5.41) is 3.46. The molecule has 4 heteroatoms. The van der Waals surface area contributed by atoms with Gasteiger partial charge in [-0.25, -0.2) is 0 Å². The van der Waals surface area contributed by atoms with Gasteiger partial charge in [-0.05, 0) is 45.5 Å². The lowest BCUT2D eigenvalue weighted by molar-refractivity contribution is 0.0221. The van der Waals surface area contributed by atoms with Crippen molar-refractivity contribution in [2.45, 2.75) is 57.8 Å². The molecule has 1 N–H and O–H groups in total. The SMILES string of the molecule is CCCNCC1CCC(CN(C)C(CC)CSC)O1. The zero-order valence-corrected chi connectivity index (χ0v) is 14.0. The van der Waals surface area contributed by atoms with E-state index in [0.717, 1.165) is 19.6 Å². The first-order valence-electron chi connectivity index (χ1n) is 7.76. The summed E-state index contributed by atoms with van der Waals surface area (Å²) < 4.78 is 6.14. The van der Waals surface area contributed by atoms with Gasteiger partial charge < -0.3 is 15.0 Å². The summed E-state index contributed by atoms with van der Waals surface area (Å²) in [4.78, 5) is 2.49. The summed E-state index contributed by atoms with van der Waals surface area (Å²) in [5.74, 6) is 1.22. The van der Waals surface area contributed by atoms with Gasteiger partial charge in [-0.3, -0.25) is 0 Å². The summed E-state index contributed by atoms with van der Waals surface area (Å²) in [7, 11) is 2.25. The van der Waals surface area contributed by atoms with E-state index in [4.69, 9.17) is 4.74 Å². The van der Waals surface area contributed by atoms with Crippen LogP contribution in [0.1, 0.15) is 39.5 Å². The molecule has 1 fully saturated rings. The molecule has 0 aromatic heterocycles. The minimum atomic E-state index is 0.436. The second kappa shape index (κ2) is 10.0. The van der Waals surface area contributed by atoms with Crippen molar-refractivity contribution < 1.29 is 4.74 Å². The standard InChI is InChI=1S/C15H32N2OS/c1-5-9-16-10-14-7-8-15(18-14)11-17(3)13(6-2)12-19-4/h13-16H,5-12H2,1-4H3. The molecule has 114 valence electrons. The van der Waals surface area contributed by atoms with E-state index in [1.165, 1.54) is 31.4 Å². The van der Waals surface area contributed by atoms with E-state index in [0.29, 0.717) is 18.2 Å². The van der Waals surface area contributed by atoms with Crippen LogP contribution in [-0.2, 0) is 4.74 Å². The predicted molar refractivity (Wildman–Crippen MR) is 86.1 cm³/mol. The van der Waals surface area contributed by atoms with E-state index in [1.807, 2.05) is 11.8 Å². The highest BCUT2D eigenvalue weighted by atomic mass is 32.2. The second-order valence-corrected chi connectivity index (χ2v) is 6.53. The van der Waals surface area contributed by atoms with Gasteiger partial charge in [-0.2, -0.15) is 11.8 Å². The number of nitrogens with zero attached hydrogens (tertiary/aromatic N) is 1. The molecule has 0 aromatic rings. The van der Waals surface area contributed by atoms with Crippen molar-refractivity contribution in [3.8, 4) is 0 Å². The normalized spacial score (nSPS) is 25.1. The van der Waals surface area contributed by atoms with Crippen LogP contribution in [0.3, 0.4) is 0 Å². The Morgan fingerprint density at radius 1 is 1.32 bits per heavy atom. The van der Waals surface area contributed by atoms with Crippen LogP contribution in [0.25, 0.3) is 0 Å². The summed E-state index contributed by atoms with van der Waals surface area (Å²) in [5.41, 5.74) is 0. The molecule has 0 radical (unpaired) electrons. The molecule has 19 heavy (non-hydrogen) atoms. The van der Waals surface area contributed by atoms with Gasteiger partial charge in [0.1, 0.15) is 0 Å². The number of hydrogen-bond acceptors (Lipinski definition) is 4. The lowest BCUT2D eigenvalue weighted by atomic mass is 10.1. The van der Waals surface area contributed by atoms with E-state index in [2.05, 4.69) is 37.4 Å². The van der Waals surface area contributed by atoms with Gasteiger partial charge in [-0.15, -0.1) is 0 Å². The smallest absolute Gasteiger partial charge is 0.0707 e. The van der Waals surface area contributed by atoms with Crippen LogP contribution >= 0.6 is 11.8 Å². The van der Waals surface area contributed by atoms with Crippen LogP contribution in [0.15, 0.2) is 0 Å². The lowest BCUT2D eigenvalue weighted by Gasteiger charge is -2.29. The average Bonchev–Trinajstić information content (AvgIpc) is 2.83. The van der Waals surface area contributed by atoms with Crippen LogP contribution in [0.2, 0.25) is 0 Å². The van der Waals surface area contributed by atoms with E-state index >= 15 is 0 Å². The zero-order valence-electron chi connectivity index (χ0n) is 13.2. The van der Waals surface area contributed by atoms with Crippen molar-refractivity contribution in [2.75, 3.05) is 38.7 Å². The second-order valence-electron chi connectivity index (χ2n) is 5.62. The molecular formula is C15H32N2OS.